The van der Waals surface area contributed by atoms with Crippen LogP contribution in [-0.2, 0) is 38.1 Å². The largest absolute Gasteiger partial charge is 0.488 e. The summed E-state index contributed by atoms with van der Waals surface area (Å²) in [6, 6.07) is 0. The number of ketones is 2. The molecule has 0 amide bonds. The zero-order valence-corrected chi connectivity index (χ0v) is 18.1. The molecule has 2 aliphatic heterocycles. The first-order valence-electron chi connectivity index (χ1n) is 10.7. The van der Waals surface area contributed by atoms with Gasteiger partial charge in [-0.05, 0) is 18.9 Å². The van der Waals surface area contributed by atoms with E-state index >= 15 is 0 Å². The molecule has 0 aromatic rings. The van der Waals surface area contributed by atoms with Gasteiger partial charge < -0.3 is 18.9 Å². The van der Waals surface area contributed by atoms with Crippen LogP contribution >= 0.6 is 0 Å². The van der Waals surface area contributed by atoms with Gasteiger partial charge in [0.1, 0.15) is 30.5 Å². The number of carbonyl (C=O) groups excluding carboxylic acids is 4. The number of allylic oxidation sites excluding steroid dienone is 1. The van der Waals surface area contributed by atoms with Gasteiger partial charge in [-0.15, -0.1) is 0 Å². The zero-order valence-electron chi connectivity index (χ0n) is 18.1. The van der Waals surface area contributed by atoms with Crippen molar-refractivity contribution in [2.24, 2.45) is 22.7 Å². The van der Waals surface area contributed by atoms with Crippen LogP contribution in [0, 0.1) is 22.7 Å². The van der Waals surface area contributed by atoms with Crippen LogP contribution in [0.4, 0.5) is 0 Å². The Labute approximate surface area is 179 Å². The third-order valence-electron chi connectivity index (χ3n) is 8.01. The van der Waals surface area contributed by atoms with Gasteiger partial charge in [0.25, 0.3) is 0 Å². The lowest BCUT2D eigenvalue weighted by Gasteiger charge is -2.53. The molecule has 0 bridgehead atoms. The van der Waals surface area contributed by atoms with E-state index in [4.69, 9.17) is 18.9 Å². The quantitative estimate of drug-likeness (QED) is 0.623. The maximum Gasteiger partial charge on any atom is 0.317 e. The van der Waals surface area contributed by atoms with Crippen molar-refractivity contribution < 1.29 is 38.1 Å². The fourth-order valence-corrected chi connectivity index (χ4v) is 6.60. The van der Waals surface area contributed by atoms with Crippen LogP contribution in [0.3, 0.4) is 0 Å². The Kier molecular flexibility index (Phi) is 4.29. The molecule has 31 heavy (non-hydrogen) atoms. The lowest BCUT2D eigenvalue weighted by Crippen LogP contribution is -2.57. The number of hydrogen-bond donors (Lipinski definition) is 0. The Balaban J connectivity index is 1.78. The van der Waals surface area contributed by atoms with Gasteiger partial charge in [-0.2, -0.15) is 0 Å². The van der Waals surface area contributed by atoms with Gasteiger partial charge in [-0.3, -0.25) is 19.2 Å². The van der Waals surface area contributed by atoms with Crippen LogP contribution in [0.1, 0.15) is 40.0 Å². The highest BCUT2D eigenvalue weighted by atomic mass is 16.6. The van der Waals surface area contributed by atoms with E-state index in [1.54, 1.807) is 0 Å². The molecule has 166 valence electrons. The summed E-state index contributed by atoms with van der Waals surface area (Å²) in [5.41, 5.74) is 0.0278. The van der Waals surface area contributed by atoms with E-state index in [9.17, 15) is 19.2 Å². The summed E-state index contributed by atoms with van der Waals surface area (Å²) in [7, 11) is 1.52. The minimum atomic E-state index is -0.920. The van der Waals surface area contributed by atoms with E-state index < -0.39 is 40.9 Å². The van der Waals surface area contributed by atoms with Crippen molar-refractivity contribution in [2.45, 2.75) is 52.2 Å². The van der Waals surface area contributed by atoms with E-state index in [0.717, 1.165) is 0 Å². The second-order valence-electron chi connectivity index (χ2n) is 9.58. The Morgan fingerprint density at radius 3 is 2.61 bits per heavy atom. The van der Waals surface area contributed by atoms with Gasteiger partial charge in [-0.1, -0.05) is 6.92 Å². The minimum absolute atomic E-state index is 0.0458. The van der Waals surface area contributed by atoms with Crippen molar-refractivity contribution in [3.8, 4) is 0 Å². The van der Waals surface area contributed by atoms with Gasteiger partial charge in [0.05, 0.1) is 12.0 Å². The second kappa shape index (κ2) is 6.51. The van der Waals surface area contributed by atoms with Crippen LogP contribution < -0.4 is 0 Å². The third-order valence-corrected chi connectivity index (χ3v) is 8.01. The Bertz CT molecular complexity index is 990. The maximum absolute atomic E-state index is 13.7. The standard InChI is InChI=1S/C23H26O8/c1-10(24)30-13-7-22(2)12(5-6-14(22)25)16-18(13)23(3)15(9-28-4)31-21(27)11-8-29-20(17(11)23)19(16)26/h11-13,15H,5-9H2,1-4H3/t11?,12-,13+,15+,22?,23-/m0/s1. The Morgan fingerprint density at radius 1 is 1.19 bits per heavy atom. The molecule has 8 heteroatoms. The number of Topliss-reactive ketones (excluding diaryl/α,β-unsaturated/α-hetero) is 2. The number of rotatable bonds is 3. The van der Waals surface area contributed by atoms with Gasteiger partial charge in [0.15, 0.2) is 5.76 Å². The number of esters is 2. The topological polar surface area (TPSA) is 105 Å². The lowest BCUT2D eigenvalue weighted by molar-refractivity contribution is -0.170. The molecule has 5 aliphatic rings. The van der Waals surface area contributed by atoms with Crippen molar-refractivity contribution >= 4 is 23.5 Å². The SMILES string of the molecule is COC[C@H]1OC(=O)C2COC3=C2[C@@]1(C)C1=C(C3=O)[C@@H]2CCC(=O)C2(C)C[C@H]1OC(C)=O. The molecule has 0 N–H and O–H groups in total. The van der Waals surface area contributed by atoms with E-state index in [2.05, 4.69) is 0 Å². The lowest BCUT2D eigenvalue weighted by atomic mass is 9.53. The predicted octanol–water partition coefficient (Wildman–Crippen LogP) is 1.67. The van der Waals surface area contributed by atoms with Crippen LogP contribution in [0.15, 0.2) is 22.5 Å². The van der Waals surface area contributed by atoms with Crippen molar-refractivity contribution in [2.75, 3.05) is 20.3 Å². The highest BCUT2D eigenvalue weighted by Crippen LogP contribution is 2.63. The second-order valence-corrected chi connectivity index (χ2v) is 9.58. The normalized spacial score (nSPS) is 40.8. The van der Waals surface area contributed by atoms with Crippen molar-refractivity contribution in [1.82, 2.24) is 0 Å². The number of carbonyl (C=O) groups is 4. The van der Waals surface area contributed by atoms with Gasteiger partial charge >= 0.3 is 11.9 Å². The molecular formula is C23H26O8. The average molecular weight is 430 g/mol. The molecule has 0 radical (unpaired) electrons. The molecule has 2 unspecified atom stereocenters. The van der Waals surface area contributed by atoms with Crippen molar-refractivity contribution in [1.29, 1.82) is 0 Å². The molecule has 2 heterocycles. The summed E-state index contributed by atoms with van der Waals surface area (Å²) >= 11 is 0. The molecule has 0 aromatic heterocycles. The number of methoxy groups -OCH3 is 1. The molecule has 5 rings (SSSR count). The smallest absolute Gasteiger partial charge is 0.317 e. The summed E-state index contributed by atoms with van der Waals surface area (Å²) in [5, 5.41) is 0. The van der Waals surface area contributed by atoms with E-state index in [1.165, 1.54) is 14.0 Å². The fourth-order valence-electron chi connectivity index (χ4n) is 6.60. The fraction of sp³-hybridized carbons (Fsp3) is 0.652. The van der Waals surface area contributed by atoms with Crippen LogP contribution in [0.5, 0.6) is 0 Å². The highest BCUT2D eigenvalue weighted by molar-refractivity contribution is 6.12. The molecule has 6 atom stereocenters. The van der Waals surface area contributed by atoms with E-state index in [0.29, 0.717) is 36.0 Å². The summed E-state index contributed by atoms with van der Waals surface area (Å²) in [6.07, 6.45) is -0.231. The monoisotopic (exact) mass is 430 g/mol. The van der Waals surface area contributed by atoms with E-state index in [-0.39, 0.29) is 36.5 Å². The summed E-state index contributed by atoms with van der Waals surface area (Å²) in [5.74, 6) is -1.93. The van der Waals surface area contributed by atoms with Gasteiger partial charge in [0, 0.05) is 49.4 Å². The van der Waals surface area contributed by atoms with E-state index in [1.807, 2.05) is 13.8 Å². The van der Waals surface area contributed by atoms with Gasteiger partial charge in [-0.25, -0.2) is 0 Å². The molecule has 1 saturated carbocycles. The molecule has 3 aliphatic carbocycles. The minimum Gasteiger partial charge on any atom is -0.488 e. The molecular weight excluding hydrogens is 404 g/mol. The highest BCUT2D eigenvalue weighted by Gasteiger charge is 2.66. The Hall–Kier alpha value is -2.48. The first-order valence-corrected chi connectivity index (χ1v) is 10.7. The average Bonchev–Trinajstić information content (AvgIpc) is 3.27. The summed E-state index contributed by atoms with van der Waals surface area (Å²) in [6.45, 7) is 5.25. The number of fused-ring (bicyclic) bond motifs is 3. The van der Waals surface area contributed by atoms with Gasteiger partial charge in [0.2, 0.25) is 5.78 Å². The molecule has 1 saturated heterocycles. The zero-order chi connectivity index (χ0) is 22.3. The van der Waals surface area contributed by atoms with Crippen molar-refractivity contribution in [3.05, 3.63) is 22.5 Å². The molecule has 8 nitrogen and oxygen atoms in total. The van der Waals surface area contributed by atoms with Crippen LogP contribution in [0.2, 0.25) is 0 Å². The van der Waals surface area contributed by atoms with Crippen molar-refractivity contribution in [3.63, 3.8) is 0 Å². The summed E-state index contributed by atoms with van der Waals surface area (Å²) in [4.78, 5) is 51.3. The predicted molar refractivity (Wildman–Crippen MR) is 104 cm³/mol. The molecule has 0 spiro atoms. The maximum atomic E-state index is 13.7. The van der Waals surface area contributed by atoms with Crippen LogP contribution in [0.25, 0.3) is 0 Å². The number of ether oxygens (including phenoxy) is 4. The Morgan fingerprint density at radius 2 is 1.94 bits per heavy atom. The molecule has 0 aromatic carbocycles. The number of cyclic esters (lactones) is 1. The first-order chi connectivity index (χ1) is 14.6. The summed E-state index contributed by atoms with van der Waals surface area (Å²) < 4.78 is 22.7. The third kappa shape index (κ3) is 2.45. The number of hydrogen-bond acceptors (Lipinski definition) is 8. The van der Waals surface area contributed by atoms with Crippen LogP contribution in [-0.4, -0.2) is 56.0 Å². The first kappa shape index (κ1) is 20.4. The molecule has 2 fully saturated rings.